The van der Waals surface area contributed by atoms with Gasteiger partial charge in [-0.15, -0.1) is 0 Å². The number of esters is 1. The zero-order valence-electron chi connectivity index (χ0n) is 11.8. The van der Waals surface area contributed by atoms with Crippen molar-refractivity contribution >= 4 is 28.2 Å². The first kappa shape index (κ1) is 14.9. The highest BCUT2D eigenvalue weighted by Gasteiger charge is 2.27. The van der Waals surface area contributed by atoms with Crippen molar-refractivity contribution in [2.75, 3.05) is 31.3 Å². The average molecular weight is 298 g/mol. The second kappa shape index (κ2) is 6.32. The summed E-state index contributed by atoms with van der Waals surface area (Å²) in [5, 5.41) is 0.675. The topological polar surface area (TPSA) is 68.7 Å². The average Bonchev–Trinajstić information content (AvgIpc) is 2.84. The molecule has 0 aromatic carbocycles. The van der Waals surface area contributed by atoms with E-state index in [0.717, 1.165) is 0 Å². The van der Waals surface area contributed by atoms with Crippen molar-refractivity contribution in [1.29, 1.82) is 0 Å². The van der Waals surface area contributed by atoms with Gasteiger partial charge in [-0.25, -0.2) is 9.78 Å². The number of carbonyl (C=O) groups excluding carboxylic acids is 2. The number of Topliss-reactive ketones (excluding diaryl/α,β-unsaturated/α-hetero) is 1. The Kier molecular flexibility index (Phi) is 4.72. The fraction of sp³-hybridized carbons (Fsp3) is 0.615. The molecule has 1 aromatic heterocycles. The lowest BCUT2D eigenvalue weighted by molar-refractivity contribution is 0.0517. The fourth-order valence-corrected chi connectivity index (χ4v) is 3.10. The molecule has 2 heterocycles. The van der Waals surface area contributed by atoms with Gasteiger partial charge in [0.05, 0.1) is 25.9 Å². The molecule has 0 bridgehead atoms. The third-order valence-corrected chi connectivity index (χ3v) is 4.21. The number of rotatable bonds is 4. The van der Waals surface area contributed by atoms with Gasteiger partial charge in [-0.3, -0.25) is 4.79 Å². The van der Waals surface area contributed by atoms with Crippen LogP contribution in [0, 0.1) is 0 Å². The second-order valence-corrected chi connectivity index (χ2v) is 5.55. The lowest BCUT2D eigenvalue weighted by Crippen LogP contribution is -2.43. The van der Waals surface area contributed by atoms with E-state index in [0.29, 0.717) is 29.8 Å². The number of ketones is 1. The Morgan fingerprint density at radius 2 is 2.30 bits per heavy atom. The van der Waals surface area contributed by atoms with Gasteiger partial charge < -0.3 is 14.4 Å². The minimum Gasteiger partial charge on any atom is -0.461 e. The number of thiazole rings is 1. The summed E-state index contributed by atoms with van der Waals surface area (Å²) in [7, 11) is 0. The standard InChI is InChI=1S/C13H18N2O4S/c1-4-19-12(17)10-11(9(3)16)20-13(14-10)15-5-6-18-7-8(15)2/h8H,4-7H2,1-3H3. The number of nitrogens with zero attached hydrogens (tertiary/aromatic N) is 2. The maximum Gasteiger partial charge on any atom is 0.358 e. The Morgan fingerprint density at radius 1 is 1.55 bits per heavy atom. The molecule has 1 saturated heterocycles. The van der Waals surface area contributed by atoms with Crippen LogP contribution >= 0.6 is 11.3 Å². The molecule has 110 valence electrons. The summed E-state index contributed by atoms with van der Waals surface area (Å²) in [6.45, 7) is 7.38. The molecule has 1 aromatic rings. The Bertz CT molecular complexity index is 514. The lowest BCUT2D eigenvalue weighted by Gasteiger charge is -2.32. The zero-order valence-corrected chi connectivity index (χ0v) is 12.7. The van der Waals surface area contributed by atoms with Crippen molar-refractivity contribution in [1.82, 2.24) is 4.98 Å². The van der Waals surface area contributed by atoms with Gasteiger partial charge in [0.25, 0.3) is 0 Å². The first-order valence-corrected chi connectivity index (χ1v) is 7.39. The van der Waals surface area contributed by atoms with Crippen LogP contribution in [0.1, 0.15) is 40.9 Å². The van der Waals surface area contributed by atoms with E-state index >= 15 is 0 Å². The fourth-order valence-electron chi connectivity index (χ4n) is 2.02. The molecule has 0 spiro atoms. The van der Waals surface area contributed by atoms with E-state index in [1.165, 1.54) is 18.3 Å². The summed E-state index contributed by atoms with van der Waals surface area (Å²) in [5.41, 5.74) is 0.123. The largest absolute Gasteiger partial charge is 0.461 e. The van der Waals surface area contributed by atoms with Gasteiger partial charge in [-0.2, -0.15) is 0 Å². The van der Waals surface area contributed by atoms with Crippen LogP contribution in [0.15, 0.2) is 0 Å². The van der Waals surface area contributed by atoms with Crippen molar-refractivity contribution in [2.45, 2.75) is 26.8 Å². The number of hydrogen-bond donors (Lipinski definition) is 0. The predicted octanol–water partition coefficient (Wildman–Crippen LogP) is 1.75. The van der Waals surface area contributed by atoms with Gasteiger partial charge in [0.15, 0.2) is 16.6 Å². The van der Waals surface area contributed by atoms with Crippen molar-refractivity contribution in [2.24, 2.45) is 0 Å². The molecule has 0 aliphatic carbocycles. The van der Waals surface area contributed by atoms with Gasteiger partial charge >= 0.3 is 5.97 Å². The molecular weight excluding hydrogens is 280 g/mol. The van der Waals surface area contributed by atoms with Crippen LogP contribution < -0.4 is 4.90 Å². The van der Waals surface area contributed by atoms with Crippen LogP contribution in [0.2, 0.25) is 0 Å². The minimum atomic E-state index is -0.541. The van der Waals surface area contributed by atoms with E-state index in [1.54, 1.807) is 6.92 Å². The Labute approximate surface area is 121 Å². The summed E-state index contributed by atoms with van der Waals surface area (Å²) in [6.07, 6.45) is 0. The quantitative estimate of drug-likeness (QED) is 0.623. The number of carbonyl (C=O) groups is 2. The molecule has 1 atom stereocenters. The molecule has 0 saturated carbocycles. The maximum atomic E-state index is 11.9. The number of ether oxygens (including phenoxy) is 2. The van der Waals surface area contributed by atoms with Gasteiger partial charge in [0.2, 0.25) is 0 Å². The summed E-state index contributed by atoms with van der Waals surface area (Å²) >= 11 is 1.24. The highest BCUT2D eigenvalue weighted by Crippen LogP contribution is 2.29. The molecular formula is C13H18N2O4S. The van der Waals surface area contributed by atoms with Crippen molar-refractivity contribution in [3.8, 4) is 0 Å². The molecule has 1 fully saturated rings. The number of morpholine rings is 1. The van der Waals surface area contributed by atoms with E-state index in [4.69, 9.17) is 9.47 Å². The molecule has 1 aliphatic rings. The summed E-state index contributed by atoms with van der Waals surface area (Å²) in [6, 6.07) is 0.171. The van der Waals surface area contributed by atoms with Crippen LogP contribution in [-0.2, 0) is 9.47 Å². The summed E-state index contributed by atoms with van der Waals surface area (Å²) in [4.78, 5) is 30.3. The second-order valence-electron chi connectivity index (χ2n) is 4.57. The SMILES string of the molecule is CCOC(=O)c1nc(N2CCOCC2C)sc1C(C)=O. The molecule has 2 rings (SSSR count). The monoisotopic (exact) mass is 298 g/mol. The van der Waals surface area contributed by atoms with E-state index in [-0.39, 0.29) is 24.1 Å². The molecule has 6 nitrogen and oxygen atoms in total. The van der Waals surface area contributed by atoms with Crippen molar-refractivity contribution in [3.63, 3.8) is 0 Å². The minimum absolute atomic E-state index is 0.123. The molecule has 0 N–H and O–H groups in total. The first-order valence-electron chi connectivity index (χ1n) is 6.57. The molecule has 20 heavy (non-hydrogen) atoms. The third-order valence-electron chi connectivity index (χ3n) is 3.02. The van der Waals surface area contributed by atoms with E-state index in [2.05, 4.69) is 9.88 Å². The Hall–Kier alpha value is -1.47. The maximum absolute atomic E-state index is 11.9. The van der Waals surface area contributed by atoms with E-state index in [9.17, 15) is 9.59 Å². The highest BCUT2D eigenvalue weighted by molar-refractivity contribution is 7.17. The molecule has 0 radical (unpaired) electrons. The molecule has 1 unspecified atom stereocenters. The van der Waals surface area contributed by atoms with Crippen LogP contribution in [0.5, 0.6) is 0 Å². The van der Waals surface area contributed by atoms with Gasteiger partial charge in [-0.05, 0) is 13.8 Å². The van der Waals surface area contributed by atoms with Crippen molar-refractivity contribution < 1.29 is 19.1 Å². The normalized spacial score (nSPS) is 18.9. The molecule has 7 heteroatoms. The molecule has 1 aliphatic heterocycles. The van der Waals surface area contributed by atoms with Crippen molar-refractivity contribution in [3.05, 3.63) is 10.6 Å². The van der Waals surface area contributed by atoms with Gasteiger partial charge in [0.1, 0.15) is 4.88 Å². The third kappa shape index (κ3) is 2.99. The predicted molar refractivity (Wildman–Crippen MR) is 75.7 cm³/mol. The lowest BCUT2D eigenvalue weighted by atomic mass is 10.3. The summed E-state index contributed by atoms with van der Waals surface area (Å²) in [5.74, 6) is -0.709. The zero-order chi connectivity index (χ0) is 14.7. The van der Waals surface area contributed by atoms with E-state index in [1.807, 2.05) is 6.92 Å². The van der Waals surface area contributed by atoms with Crippen LogP contribution in [0.25, 0.3) is 0 Å². The van der Waals surface area contributed by atoms with E-state index < -0.39 is 5.97 Å². The van der Waals surface area contributed by atoms with Crippen LogP contribution in [-0.4, -0.2) is 49.1 Å². The van der Waals surface area contributed by atoms with Crippen LogP contribution in [0.3, 0.4) is 0 Å². The highest BCUT2D eigenvalue weighted by atomic mass is 32.1. The van der Waals surface area contributed by atoms with Crippen LogP contribution in [0.4, 0.5) is 5.13 Å². The number of anilines is 1. The first-order chi connectivity index (χ1) is 9.54. The van der Waals surface area contributed by atoms with Gasteiger partial charge in [0, 0.05) is 13.5 Å². The molecule has 0 amide bonds. The number of aromatic nitrogens is 1. The smallest absolute Gasteiger partial charge is 0.358 e. The Balaban J connectivity index is 2.33. The number of hydrogen-bond acceptors (Lipinski definition) is 7. The summed E-state index contributed by atoms with van der Waals surface area (Å²) < 4.78 is 10.3. The van der Waals surface area contributed by atoms with Gasteiger partial charge in [-0.1, -0.05) is 11.3 Å². The Morgan fingerprint density at radius 3 is 2.90 bits per heavy atom.